The molecule has 2 aromatic carbocycles. The lowest BCUT2D eigenvalue weighted by molar-refractivity contribution is 0.0940. The summed E-state index contributed by atoms with van der Waals surface area (Å²) in [4.78, 5) is 29.8. The molecule has 1 amide bonds. The van der Waals surface area contributed by atoms with Gasteiger partial charge in [0.1, 0.15) is 5.82 Å². The number of fused-ring (bicyclic) bond motifs is 2. The summed E-state index contributed by atoms with van der Waals surface area (Å²) < 4.78 is 2.69. The van der Waals surface area contributed by atoms with E-state index in [0.29, 0.717) is 16.5 Å². The molecule has 0 bridgehead atoms. The van der Waals surface area contributed by atoms with Gasteiger partial charge in [-0.25, -0.2) is 4.98 Å². The zero-order valence-electron chi connectivity index (χ0n) is 14.3. The summed E-state index contributed by atoms with van der Waals surface area (Å²) in [5, 5.41) is 3.57. The van der Waals surface area contributed by atoms with E-state index in [4.69, 9.17) is 0 Å². The predicted molar refractivity (Wildman–Crippen MR) is 104 cm³/mol. The van der Waals surface area contributed by atoms with Crippen LogP contribution in [-0.4, -0.2) is 15.5 Å². The van der Waals surface area contributed by atoms with Gasteiger partial charge in [0.05, 0.1) is 16.9 Å². The lowest BCUT2D eigenvalue weighted by Crippen LogP contribution is -2.27. The molecule has 0 spiro atoms. The van der Waals surface area contributed by atoms with Crippen LogP contribution in [0.25, 0.3) is 10.9 Å². The summed E-state index contributed by atoms with van der Waals surface area (Å²) in [6, 6.07) is 12.8. The molecule has 4 rings (SSSR count). The number of hydrogen-bond donors (Lipinski definition) is 1. The Morgan fingerprint density at radius 2 is 2.08 bits per heavy atom. The van der Waals surface area contributed by atoms with Gasteiger partial charge in [-0.3, -0.25) is 14.2 Å². The maximum Gasteiger partial charge on any atom is 0.261 e. The molecule has 0 saturated carbocycles. The number of halogens is 1. The summed E-state index contributed by atoms with van der Waals surface area (Å²) in [5.74, 6) is 0.624. The molecule has 132 valence electrons. The Labute approximate surface area is 159 Å². The topological polar surface area (TPSA) is 64.0 Å². The molecule has 0 saturated heterocycles. The lowest BCUT2D eigenvalue weighted by Gasteiger charge is -2.16. The van der Waals surface area contributed by atoms with Crippen molar-refractivity contribution in [3.05, 3.63) is 74.2 Å². The predicted octanol–water partition coefficient (Wildman–Crippen LogP) is 3.60. The number of carbonyl (C=O) groups excluding carboxylic acids is 1. The SMILES string of the molecule is CC(NC(=O)c1ccc2c(=O)n3c(nc2c1)CCC3)c1ccccc1Br. The average Bonchev–Trinajstić information content (AvgIpc) is 3.10. The first-order chi connectivity index (χ1) is 12.5. The number of aromatic nitrogens is 2. The second-order valence-electron chi connectivity index (χ2n) is 6.54. The average molecular weight is 412 g/mol. The number of rotatable bonds is 3. The van der Waals surface area contributed by atoms with Crippen molar-refractivity contribution in [2.75, 3.05) is 0 Å². The highest BCUT2D eigenvalue weighted by molar-refractivity contribution is 9.10. The van der Waals surface area contributed by atoms with Crippen LogP contribution in [0.1, 0.15) is 41.1 Å². The third kappa shape index (κ3) is 2.94. The number of nitrogens with one attached hydrogen (secondary N) is 1. The molecular formula is C20H18BrN3O2. The van der Waals surface area contributed by atoms with E-state index < -0.39 is 0 Å². The van der Waals surface area contributed by atoms with Crippen LogP contribution in [0.15, 0.2) is 51.7 Å². The van der Waals surface area contributed by atoms with Crippen LogP contribution in [0.4, 0.5) is 0 Å². The van der Waals surface area contributed by atoms with Gasteiger partial charge in [0.2, 0.25) is 0 Å². The number of amides is 1. The first kappa shape index (κ1) is 17.0. The number of benzene rings is 2. The monoisotopic (exact) mass is 411 g/mol. The van der Waals surface area contributed by atoms with Crippen LogP contribution >= 0.6 is 15.9 Å². The van der Waals surface area contributed by atoms with E-state index in [0.717, 1.165) is 35.2 Å². The Hall–Kier alpha value is -2.47. The molecule has 1 unspecified atom stereocenters. The van der Waals surface area contributed by atoms with E-state index in [-0.39, 0.29) is 17.5 Å². The van der Waals surface area contributed by atoms with E-state index in [1.807, 2.05) is 31.2 Å². The summed E-state index contributed by atoms with van der Waals surface area (Å²) in [6.45, 7) is 2.67. The fourth-order valence-electron chi connectivity index (χ4n) is 3.41. The van der Waals surface area contributed by atoms with Crippen LogP contribution in [0.3, 0.4) is 0 Å². The fourth-order valence-corrected chi connectivity index (χ4v) is 4.04. The van der Waals surface area contributed by atoms with E-state index in [9.17, 15) is 9.59 Å². The van der Waals surface area contributed by atoms with Crippen molar-refractivity contribution in [1.29, 1.82) is 0 Å². The third-order valence-electron chi connectivity index (χ3n) is 4.80. The van der Waals surface area contributed by atoms with Gasteiger partial charge in [0.15, 0.2) is 0 Å². The lowest BCUT2D eigenvalue weighted by atomic mass is 10.1. The van der Waals surface area contributed by atoms with Crippen molar-refractivity contribution in [2.24, 2.45) is 0 Å². The van der Waals surface area contributed by atoms with Gasteiger partial charge < -0.3 is 5.32 Å². The normalized spacial score (nSPS) is 14.2. The first-order valence-corrected chi connectivity index (χ1v) is 9.42. The van der Waals surface area contributed by atoms with Gasteiger partial charge in [0.25, 0.3) is 11.5 Å². The second kappa shape index (κ2) is 6.68. The molecular weight excluding hydrogens is 394 g/mol. The first-order valence-electron chi connectivity index (χ1n) is 8.63. The van der Waals surface area contributed by atoms with Gasteiger partial charge >= 0.3 is 0 Å². The largest absolute Gasteiger partial charge is 0.345 e. The van der Waals surface area contributed by atoms with Crippen molar-refractivity contribution in [3.63, 3.8) is 0 Å². The molecule has 2 heterocycles. The standard InChI is InChI=1S/C20H18BrN3O2/c1-12(14-5-2-3-6-16(14)21)22-19(25)13-8-9-15-17(11-13)23-18-7-4-10-24(18)20(15)26/h2-3,5-6,8-9,11-12H,4,7,10H2,1H3,(H,22,25). The van der Waals surface area contributed by atoms with E-state index in [1.165, 1.54) is 0 Å². The van der Waals surface area contributed by atoms with E-state index >= 15 is 0 Å². The molecule has 1 atom stereocenters. The smallest absolute Gasteiger partial charge is 0.261 e. The van der Waals surface area contributed by atoms with Gasteiger partial charge in [0, 0.05) is 23.0 Å². The highest BCUT2D eigenvalue weighted by atomic mass is 79.9. The maximum atomic E-state index is 12.7. The van der Waals surface area contributed by atoms with Gasteiger partial charge in [-0.2, -0.15) is 0 Å². The quantitative estimate of drug-likeness (QED) is 0.715. The summed E-state index contributed by atoms with van der Waals surface area (Å²) >= 11 is 3.51. The minimum Gasteiger partial charge on any atom is -0.345 e. The van der Waals surface area contributed by atoms with Gasteiger partial charge in [-0.05, 0) is 43.2 Å². The molecule has 1 aliphatic rings. The van der Waals surface area contributed by atoms with E-state index in [2.05, 4.69) is 26.2 Å². The highest BCUT2D eigenvalue weighted by Crippen LogP contribution is 2.23. The summed E-state index contributed by atoms with van der Waals surface area (Å²) in [7, 11) is 0. The summed E-state index contributed by atoms with van der Waals surface area (Å²) in [5.41, 5.74) is 2.09. The Kier molecular flexibility index (Phi) is 4.36. The van der Waals surface area contributed by atoms with Crippen LogP contribution in [0, 0.1) is 0 Å². The van der Waals surface area contributed by atoms with Crippen LogP contribution < -0.4 is 10.9 Å². The minimum atomic E-state index is -0.183. The summed E-state index contributed by atoms with van der Waals surface area (Å²) in [6.07, 6.45) is 1.75. The van der Waals surface area contributed by atoms with Gasteiger partial charge in [-0.15, -0.1) is 0 Å². The van der Waals surface area contributed by atoms with Crippen molar-refractivity contribution in [3.8, 4) is 0 Å². The van der Waals surface area contributed by atoms with Crippen LogP contribution in [-0.2, 0) is 13.0 Å². The minimum absolute atomic E-state index is 0.0176. The Balaban J connectivity index is 1.64. The van der Waals surface area contributed by atoms with Crippen LogP contribution in [0.5, 0.6) is 0 Å². The molecule has 1 aliphatic heterocycles. The molecule has 0 fully saturated rings. The molecule has 5 nitrogen and oxygen atoms in total. The van der Waals surface area contributed by atoms with Crippen molar-refractivity contribution in [1.82, 2.24) is 14.9 Å². The second-order valence-corrected chi connectivity index (χ2v) is 7.39. The van der Waals surface area contributed by atoms with Crippen molar-refractivity contribution < 1.29 is 4.79 Å². The molecule has 1 aromatic heterocycles. The Morgan fingerprint density at radius 3 is 2.88 bits per heavy atom. The molecule has 26 heavy (non-hydrogen) atoms. The van der Waals surface area contributed by atoms with Crippen LogP contribution in [0.2, 0.25) is 0 Å². The molecule has 1 N–H and O–H groups in total. The fraction of sp³-hybridized carbons (Fsp3) is 0.250. The van der Waals surface area contributed by atoms with E-state index in [1.54, 1.807) is 22.8 Å². The molecule has 6 heteroatoms. The Bertz CT molecular complexity index is 1070. The van der Waals surface area contributed by atoms with Gasteiger partial charge in [-0.1, -0.05) is 34.1 Å². The Morgan fingerprint density at radius 1 is 1.27 bits per heavy atom. The maximum absolute atomic E-state index is 12.7. The van der Waals surface area contributed by atoms with Crippen molar-refractivity contribution >= 4 is 32.7 Å². The number of hydrogen-bond acceptors (Lipinski definition) is 3. The number of nitrogens with zero attached hydrogens (tertiary/aromatic N) is 2. The zero-order chi connectivity index (χ0) is 18.3. The molecule has 0 radical (unpaired) electrons. The third-order valence-corrected chi connectivity index (χ3v) is 5.52. The van der Waals surface area contributed by atoms with Crippen molar-refractivity contribution in [2.45, 2.75) is 32.4 Å². The molecule has 3 aromatic rings. The number of aryl methyl sites for hydroxylation is 1. The highest BCUT2D eigenvalue weighted by Gasteiger charge is 2.18. The molecule has 0 aliphatic carbocycles. The number of carbonyl (C=O) groups is 1. The zero-order valence-corrected chi connectivity index (χ0v) is 15.9.